The number of methoxy groups -OCH3 is 2. The Morgan fingerprint density at radius 1 is 0.804 bits per heavy atom. The zero-order valence-electron chi connectivity index (χ0n) is 26.8. The molecule has 0 aromatic heterocycles. The van der Waals surface area contributed by atoms with E-state index in [1.807, 2.05) is 74.5 Å². The van der Waals surface area contributed by atoms with E-state index in [1.165, 1.54) is 13.0 Å². The summed E-state index contributed by atoms with van der Waals surface area (Å²) in [5.41, 5.74) is 2.86. The SMILES string of the molecule is COc1cc(OCc2ccccc2)c(OC)cc1/C=C/C(=O)c1c(OCc2ccccc2)cc2c(c1OC(C)=O)CCC(C)(C)O2. The van der Waals surface area contributed by atoms with Gasteiger partial charge in [0.15, 0.2) is 23.0 Å². The molecule has 0 saturated carbocycles. The molecule has 0 radical (unpaired) electrons. The first-order valence-electron chi connectivity index (χ1n) is 15.1. The maximum atomic E-state index is 14.1. The molecule has 0 spiro atoms. The zero-order chi connectivity index (χ0) is 32.7. The lowest BCUT2D eigenvalue weighted by atomic mass is 9.91. The smallest absolute Gasteiger partial charge is 0.308 e. The Morgan fingerprint density at radius 3 is 2.00 bits per heavy atom. The van der Waals surface area contributed by atoms with Crippen LogP contribution in [-0.2, 0) is 24.4 Å². The Morgan fingerprint density at radius 2 is 1.41 bits per heavy atom. The van der Waals surface area contributed by atoms with Gasteiger partial charge in [0, 0.05) is 30.2 Å². The van der Waals surface area contributed by atoms with Crippen molar-refractivity contribution in [3.63, 3.8) is 0 Å². The van der Waals surface area contributed by atoms with Crippen LogP contribution in [0.4, 0.5) is 0 Å². The highest BCUT2D eigenvalue weighted by molar-refractivity contribution is 6.11. The topological polar surface area (TPSA) is 89.5 Å². The van der Waals surface area contributed by atoms with E-state index in [4.69, 9.17) is 28.4 Å². The number of ether oxygens (including phenoxy) is 6. The lowest BCUT2D eigenvalue weighted by Gasteiger charge is -2.34. The van der Waals surface area contributed by atoms with Crippen LogP contribution in [0.25, 0.3) is 6.08 Å². The van der Waals surface area contributed by atoms with E-state index in [2.05, 4.69) is 0 Å². The lowest BCUT2D eigenvalue weighted by molar-refractivity contribution is -0.132. The van der Waals surface area contributed by atoms with E-state index in [0.717, 1.165) is 11.1 Å². The third-order valence-electron chi connectivity index (χ3n) is 7.57. The van der Waals surface area contributed by atoms with Gasteiger partial charge in [0.1, 0.15) is 41.6 Å². The standard InChI is InChI=1S/C38H38O8/c1-25(39)45-37-29-18-19-38(2,3)46-32(29)22-35(44-24-27-14-10-7-11-15-27)36(37)30(40)17-16-28-20-33(42-5)34(21-31(28)41-4)43-23-26-12-8-6-9-13-26/h6-17,20-22H,18-19,23-24H2,1-5H3/b17-16+. The lowest BCUT2D eigenvalue weighted by Crippen LogP contribution is -2.33. The minimum atomic E-state index is -0.553. The Bertz CT molecular complexity index is 1730. The van der Waals surface area contributed by atoms with E-state index in [0.29, 0.717) is 53.6 Å². The van der Waals surface area contributed by atoms with E-state index in [9.17, 15) is 9.59 Å². The van der Waals surface area contributed by atoms with Gasteiger partial charge in [-0.3, -0.25) is 9.59 Å². The van der Waals surface area contributed by atoms with Crippen LogP contribution in [0.15, 0.2) is 84.9 Å². The van der Waals surface area contributed by atoms with Crippen molar-refractivity contribution in [1.29, 1.82) is 0 Å². The largest absolute Gasteiger partial charge is 0.496 e. The molecule has 1 aliphatic rings. The maximum Gasteiger partial charge on any atom is 0.308 e. The number of allylic oxidation sites excluding steroid dienone is 1. The first kappa shape index (κ1) is 32.2. The molecule has 0 atom stereocenters. The van der Waals surface area contributed by atoms with E-state index in [1.54, 1.807) is 38.5 Å². The number of ketones is 1. The number of rotatable bonds is 12. The molecular weight excluding hydrogens is 584 g/mol. The molecule has 0 N–H and O–H groups in total. The summed E-state index contributed by atoms with van der Waals surface area (Å²) >= 11 is 0. The predicted molar refractivity (Wildman–Crippen MR) is 175 cm³/mol. The Balaban J connectivity index is 1.52. The number of hydrogen-bond donors (Lipinski definition) is 0. The highest BCUT2D eigenvalue weighted by Gasteiger charge is 2.33. The van der Waals surface area contributed by atoms with Crippen LogP contribution < -0.4 is 28.4 Å². The summed E-state index contributed by atoms with van der Waals surface area (Å²) in [4.78, 5) is 26.4. The number of benzene rings is 4. The minimum absolute atomic E-state index is 0.137. The molecule has 0 fully saturated rings. The molecule has 0 amide bonds. The molecule has 4 aromatic carbocycles. The molecule has 8 nitrogen and oxygen atoms in total. The number of carbonyl (C=O) groups is 2. The summed E-state index contributed by atoms with van der Waals surface area (Å²) in [7, 11) is 3.09. The summed E-state index contributed by atoms with van der Waals surface area (Å²) in [6.07, 6.45) is 4.27. The van der Waals surface area contributed by atoms with Crippen molar-refractivity contribution >= 4 is 17.8 Å². The minimum Gasteiger partial charge on any atom is -0.496 e. The highest BCUT2D eigenvalue weighted by Crippen LogP contribution is 2.46. The molecule has 0 bridgehead atoms. The van der Waals surface area contributed by atoms with Gasteiger partial charge in [-0.1, -0.05) is 60.7 Å². The van der Waals surface area contributed by atoms with Gasteiger partial charge >= 0.3 is 5.97 Å². The predicted octanol–water partition coefficient (Wildman–Crippen LogP) is 7.79. The van der Waals surface area contributed by atoms with Gasteiger partial charge in [-0.25, -0.2) is 0 Å². The van der Waals surface area contributed by atoms with E-state index < -0.39 is 17.4 Å². The van der Waals surface area contributed by atoms with Crippen LogP contribution in [0, 0.1) is 0 Å². The van der Waals surface area contributed by atoms with E-state index >= 15 is 0 Å². The second-order valence-corrected chi connectivity index (χ2v) is 11.5. The number of fused-ring (bicyclic) bond motifs is 1. The summed E-state index contributed by atoms with van der Waals surface area (Å²) < 4.78 is 35.5. The van der Waals surface area contributed by atoms with Gasteiger partial charge in [0.2, 0.25) is 0 Å². The van der Waals surface area contributed by atoms with Crippen molar-refractivity contribution in [1.82, 2.24) is 0 Å². The van der Waals surface area contributed by atoms with Crippen LogP contribution in [0.1, 0.15) is 59.8 Å². The second-order valence-electron chi connectivity index (χ2n) is 11.5. The average molecular weight is 623 g/mol. The third-order valence-corrected chi connectivity index (χ3v) is 7.57. The number of esters is 1. The molecule has 1 aliphatic heterocycles. The van der Waals surface area contributed by atoms with Crippen molar-refractivity contribution in [3.8, 4) is 34.5 Å². The maximum absolute atomic E-state index is 14.1. The van der Waals surface area contributed by atoms with E-state index in [-0.39, 0.29) is 23.7 Å². The molecule has 1 heterocycles. The van der Waals surface area contributed by atoms with Gasteiger partial charge in [0.05, 0.1) is 14.2 Å². The monoisotopic (exact) mass is 622 g/mol. The fourth-order valence-electron chi connectivity index (χ4n) is 5.21. The normalized spacial score (nSPS) is 13.3. The number of carbonyl (C=O) groups excluding carboxylic acids is 2. The van der Waals surface area contributed by atoms with Gasteiger partial charge in [-0.05, 0) is 56.0 Å². The summed E-state index contributed by atoms with van der Waals surface area (Å²) in [6, 6.07) is 24.6. The molecule has 5 rings (SSSR count). The van der Waals surface area contributed by atoms with Crippen molar-refractivity contribution in [2.75, 3.05) is 14.2 Å². The summed E-state index contributed by atoms with van der Waals surface area (Å²) in [5, 5.41) is 0. The fraction of sp³-hybridized carbons (Fsp3) is 0.263. The van der Waals surface area contributed by atoms with Crippen LogP contribution in [0.3, 0.4) is 0 Å². The zero-order valence-corrected chi connectivity index (χ0v) is 26.8. The second kappa shape index (κ2) is 14.2. The fourth-order valence-corrected chi connectivity index (χ4v) is 5.21. The van der Waals surface area contributed by atoms with Crippen molar-refractivity contribution < 1.29 is 38.0 Å². The van der Waals surface area contributed by atoms with Crippen molar-refractivity contribution in [2.24, 2.45) is 0 Å². The first-order chi connectivity index (χ1) is 22.2. The molecule has 0 saturated heterocycles. The van der Waals surface area contributed by atoms with Gasteiger partial charge in [0.25, 0.3) is 0 Å². The molecule has 0 aliphatic carbocycles. The van der Waals surface area contributed by atoms with Crippen LogP contribution in [0.5, 0.6) is 34.5 Å². The third kappa shape index (κ3) is 7.69. The Kier molecular flexibility index (Phi) is 9.96. The van der Waals surface area contributed by atoms with Crippen molar-refractivity contribution in [3.05, 3.63) is 113 Å². The molecule has 4 aromatic rings. The van der Waals surface area contributed by atoms with Gasteiger partial charge in [-0.2, -0.15) is 0 Å². The average Bonchev–Trinajstić information content (AvgIpc) is 3.05. The molecule has 46 heavy (non-hydrogen) atoms. The van der Waals surface area contributed by atoms with Crippen molar-refractivity contribution in [2.45, 2.75) is 52.4 Å². The number of hydrogen-bond acceptors (Lipinski definition) is 8. The Hall–Kier alpha value is -5.24. The Labute approximate surface area is 269 Å². The van der Waals surface area contributed by atoms with Crippen LogP contribution in [-0.4, -0.2) is 31.6 Å². The molecular formula is C38H38O8. The molecule has 0 unspecified atom stereocenters. The highest BCUT2D eigenvalue weighted by atomic mass is 16.5. The van der Waals surface area contributed by atoms with Gasteiger partial charge in [-0.15, -0.1) is 0 Å². The first-order valence-corrected chi connectivity index (χ1v) is 15.1. The van der Waals surface area contributed by atoms with Crippen LogP contribution >= 0.6 is 0 Å². The molecule has 8 heteroatoms. The summed E-state index contributed by atoms with van der Waals surface area (Å²) in [6.45, 7) is 5.83. The summed E-state index contributed by atoms with van der Waals surface area (Å²) in [5.74, 6) is 1.40. The van der Waals surface area contributed by atoms with Crippen LogP contribution in [0.2, 0.25) is 0 Å². The molecule has 238 valence electrons. The van der Waals surface area contributed by atoms with Gasteiger partial charge < -0.3 is 28.4 Å². The quantitative estimate of drug-likeness (QED) is 0.0685.